The minimum atomic E-state index is -0.837. The SMILES string of the molecule is O=C(NCC1CCN(c2ccc(F)c(F)c2)C1)N1CC(O)CC2(CCCC2)C1. The van der Waals surface area contributed by atoms with E-state index in [-0.39, 0.29) is 17.4 Å². The number of nitrogens with one attached hydrogen (secondary N) is 1. The van der Waals surface area contributed by atoms with Gasteiger partial charge in [-0.25, -0.2) is 13.6 Å². The summed E-state index contributed by atoms with van der Waals surface area (Å²) in [5, 5.41) is 13.3. The van der Waals surface area contributed by atoms with Crippen molar-refractivity contribution in [3.63, 3.8) is 0 Å². The highest BCUT2D eigenvalue weighted by molar-refractivity contribution is 5.74. The number of urea groups is 1. The average molecular weight is 393 g/mol. The number of piperidine rings is 1. The monoisotopic (exact) mass is 393 g/mol. The van der Waals surface area contributed by atoms with Gasteiger partial charge in [0.05, 0.1) is 6.10 Å². The Morgan fingerprint density at radius 3 is 2.75 bits per heavy atom. The topological polar surface area (TPSA) is 55.8 Å². The fraction of sp³-hybridized carbons (Fsp3) is 0.667. The van der Waals surface area contributed by atoms with Crippen molar-refractivity contribution in [1.29, 1.82) is 0 Å². The van der Waals surface area contributed by atoms with E-state index in [2.05, 4.69) is 5.32 Å². The molecule has 154 valence electrons. The number of carbonyl (C=O) groups is 1. The Morgan fingerprint density at radius 1 is 1.21 bits per heavy atom. The molecule has 7 heteroatoms. The van der Waals surface area contributed by atoms with E-state index >= 15 is 0 Å². The molecule has 3 aliphatic rings. The van der Waals surface area contributed by atoms with E-state index in [1.807, 2.05) is 4.90 Å². The Labute approximate surface area is 164 Å². The van der Waals surface area contributed by atoms with Crippen LogP contribution < -0.4 is 10.2 Å². The van der Waals surface area contributed by atoms with Crippen LogP contribution in [0.15, 0.2) is 18.2 Å². The van der Waals surface area contributed by atoms with Gasteiger partial charge in [-0.2, -0.15) is 0 Å². The Kier molecular flexibility index (Phi) is 5.45. The average Bonchev–Trinajstić information content (AvgIpc) is 3.31. The molecule has 1 spiro atoms. The second-order valence-corrected chi connectivity index (χ2v) is 8.83. The zero-order valence-corrected chi connectivity index (χ0v) is 16.2. The van der Waals surface area contributed by atoms with E-state index < -0.39 is 17.7 Å². The van der Waals surface area contributed by atoms with Crippen LogP contribution in [-0.2, 0) is 0 Å². The van der Waals surface area contributed by atoms with Crippen LogP contribution in [-0.4, -0.2) is 54.9 Å². The standard InChI is InChI=1S/C21H29F2N3O2/c22-18-4-3-16(9-19(18)23)25-8-5-15(12-25)11-24-20(28)26-13-17(27)10-21(14-26)6-1-2-7-21/h3-4,9,15,17,27H,1-2,5-8,10-14H2,(H,24,28). The zero-order valence-electron chi connectivity index (χ0n) is 16.2. The summed E-state index contributed by atoms with van der Waals surface area (Å²) in [4.78, 5) is 16.5. The van der Waals surface area contributed by atoms with Gasteiger partial charge in [0.15, 0.2) is 11.6 Å². The maximum atomic E-state index is 13.5. The molecule has 4 rings (SSSR count). The van der Waals surface area contributed by atoms with Crippen molar-refractivity contribution in [2.75, 3.05) is 37.6 Å². The van der Waals surface area contributed by atoms with Gasteiger partial charge in [0.25, 0.3) is 0 Å². The lowest BCUT2D eigenvalue weighted by Gasteiger charge is -2.42. The number of aliphatic hydroxyl groups is 1. The van der Waals surface area contributed by atoms with Crippen LogP contribution >= 0.6 is 0 Å². The van der Waals surface area contributed by atoms with Crippen molar-refractivity contribution in [3.8, 4) is 0 Å². The second-order valence-electron chi connectivity index (χ2n) is 8.83. The van der Waals surface area contributed by atoms with Crippen LogP contribution in [0.5, 0.6) is 0 Å². The minimum absolute atomic E-state index is 0.101. The molecule has 2 aliphatic heterocycles. The molecule has 2 N–H and O–H groups in total. The summed E-state index contributed by atoms with van der Waals surface area (Å²) in [5.74, 6) is -1.40. The fourth-order valence-electron chi connectivity index (χ4n) is 5.25. The lowest BCUT2D eigenvalue weighted by atomic mass is 9.77. The quantitative estimate of drug-likeness (QED) is 0.830. The van der Waals surface area contributed by atoms with E-state index in [4.69, 9.17) is 0 Å². The molecular weight excluding hydrogens is 364 g/mol. The van der Waals surface area contributed by atoms with E-state index in [1.165, 1.54) is 18.9 Å². The smallest absolute Gasteiger partial charge is 0.317 e. The molecule has 28 heavy (non-hydrogen) atoms. The predicted octanol–water partition coefficient (Wildman–Crippen LogP) is 3.13. The number of β-amino-alcohol motifs (C(OH)–C–C–N with tert-alkyl or cyclic N) is 1. The Morgan fingerprint density at radius 2 is 2.00 bits per heavy atom. The van der Waals surface area contributed by atoms with Crippen LogP contribution in [0.3, 0.4) is 0 Å². The highest BCUT2D eigenvalue weighted by atomic mass is 19.2. The summed E-state index contributed by atoms with van der Waals surface area (Å²) in [6.45, 7) is 3.16. The van der Waals surface area contributed by atoms with Crippen LogP contribution in [0.25, 0.3) is 0 Å². The highest BCUT2D eigenvalue weighted by Crippen LogP contribution is 2.44. The predicted molar refractivity (Wildman–Crippen MR) is 103 cm³/mol. The van der Waals surface area contributed by atoms with Crippen molar-refractivity contribution in [2.45, 2.75) is 44.6 Å². The van der Waals surface area contributed by atoms with Gasteiger partial charge in [0.1, 0.15) is 0 Å². The van der Waals surface area contributed by atoms with Gasteiger partial charge in [-0.3, -0.25) is 0 Å². The van der Waals surface area contributed by atoms with Gasteiger partial charge >= 0.3 is 6.03 Å². The van der Waals surface area contributed by atoms with Crippen molar-refractivity contribution in [3.05, 3.63) is 29.8 Å². The third kappa shape index (κ3) is 4.09. The van der Waals surface area contributed by atoms with Gasteiger partial charge < -0.3 is 20.2 Å². The summed E-state index contributed by atoms with van der Waals surface area (Å²) in [5.41, 5.74) is 0.779. The van der Waals surface area contributed by atoms with E-state index in [0.29, 0.717) is 25.3 Å². The molecule has 2 unspecified atom stereocenters. The molecule has 1 aromatic rings. The lowest BCUT2D eigenvalue weighted by molar-refractivity contribution is 0.00965. The Balaban J connectivity index is 1.28. The molecule has 2 amide bonds. The molecule has 1 saturated carbocycles. The number of halogens is 2. The number of nitrogens with zero attached hydrogens (tertiary/aromatic N) is 2. The second kappa shape index (κ2) is 7.85. The third-order valence-corrected chi connectivity index (χ3v) is 6.67. The van der Waals surface area contributed by atoms with E-state index in [9.17, 15) is 18.7 Å². The Hall–Kier alpha value is -1.89. The maximum Gasteiger partial charge on any atom is 0.317 e. The van der Waals surface area contributed by atoms with Crippen LogP contribution in [0.4, 0.5) is 19.3 Å². The first kappa shape index (κ1) is 19.4. The van der Waals surface area contributed by atoms with Crippen molar-refractivity contribution >= 4 is 11.7 Å². The summed E-state index contributed by atoms with van der Waals surface area (Å²) >= 11 is 0. The normalized spacial score (nSPS) is 26.8. The molecule has 1 aliphatic carbocycles. The molecular formula is C21H29F2N3O2. The number of hydrogen-bond acceptors (Lipinski definition) is 3. The van der Waals surface area contributed by atoms with Crippen LogP contribution in [0.2, 0.25) is 0 Å². The molecule has 0 radical (unpaired) electrons. The molecule has 0 bridgehead atoms. The Bertz CT molecular complexity index is 724. The zero-order chi connectivity index (χ0) is 19.7. The maximum absolute atomic E-state index is 13.5. The number of rotatable bonds is 3. The van der Waals surface area contributed by atoms with Crippen molar-refractivity contribution < 1.29 is 18.7 Å². The number of likely N-dealkylation sites (tertiary alicyclic amines) is 1. The molecule has 2 heterocycles. The lowest BCUT2D eigenvalue weighted by Crippen LogP contribution is -2.54. The first-order chi connectivity index (χ1) is 13.4. The van der Waals surface area contributed by atoms with E-state index in [1.54, 1.807) is 11.0 Å². The number of hydrogen-bond donors (Lipinski definition) is 2. The van der Waals surface area contributed by atoms with Gasteiger partial charge in [0.2, 0.25) is 0 Å². The van der Waals surface area contributed by atoms with E-state index in [0.717, 1.165) is 44.8 Å². The first-order valence-electron chi connectivity index (χ1n) is 10.3. The molecule has 1 aromatic carbocycles. The van der Waals surface area contributed by atoms with Crippen LogP contribution in [0, 0.1) is 23.0 Å². The van der Waals surface area contributed by atoms with Crippen LogP contribution in [0.1, 0.15) is 38.5 Å². The first-order valence-corrected chi connectivity index (χ1v) is 10.3. The molecule has 3 fully saturated rings. The number of carbonyl (C=O) groups excluding carboxylic acids is 1. The summed E-state index contributed by atoms with van der Waals surface area (Å²) in [6, 6.07) is 3.87. The van der Waals surface area contributed by atoms with Gasteiger partial charge in [0, 0.05) is 44.5 Å². The fourth-order valence-corrected chi connectivity index (χ4v) is 5.25. The molecule has 2 atom stereocenters. The number of anilines is 1. The summed E-state index contributed by atoms with van der Waals surface area (Å²) < 4.78 is 26.6. The number of benzene rings is 1. The highest BCUT2D eigenvalue weighted by Gasteiger charge is 2.42. The van der Waals surface area contributed by atoms with Crippen molar-refractivity contribution in [1.82, 2.24) is 10.2 Å². The van der Waals surface area contributed by atoms with Gasteiger partial charge in [-0.1, -0.05) is 12.8 Å². The van der Waals surface area contributed by atoms with Gasteiger partial charge in [-0.15, -0.1) is 0 Å². The van der Waals surface area contributed by atoms with Gasteiger partial charge in [-0.05, 0) is 49.1 Å². The number of aliphatic hydroxyl groups excluding tert-OH is 1. The summed E-state index contributed by atoms with van der Waals surface area (Å²) in [7, 11) is 0. The molecule has 0 aromatic heterocycles. The summed E-state index contributed by atoms with van der Waals surface area (Å²) in [6.07, 6.45) is 5.83. The molecule has 5 nitrogen and oxygen atoms in total. The molecule has 2 saturated heterocycles. The third-order valence-electron chi connectivity index (χ3n) is 6.67. The minimum Gasteiger partial charge on any atom is -0.391 e. The number of amides is 2. The largest absolute Gasteiger partial charge is 0.391 e. The van der Waals surface area contributed by atoms with Crippen molar-refractivity contribution in [2.24, 2.45) is 11.3 Å².